The number of hydrogen-bond donors (Lipinski definition) is 0. The van der Waals surface area contributed by atoms with Crippen LogP contribution in [-0.2, 0) is 0 Å². The quantitative estimate of drug-likeness (QED) is 0.586. The molecule has 1 aliphatic rings. The van der Waals surface area contributed by atoms with Crippen LogP contribution in [-0.4, -0.2) is 43.9 Å². The van der Waals surface area contributed by atoms with E-state index in [2.05, 4.69) is 41.1 Å². The van der Waals surface area contributed by atoms with Crippen LogP contribution in [0.15, 0.2) is 53.0 Å². The minimum Gasteiger partial charge on any atom is -0.488 e. The van der Waals surface area contributed by atoms with Crippen molar-refractivity contribution in [1.29, 1.82) is 0 Å². The summed E-state index contributed by atoms with van der Waals surface area (Å²) in [6.07, 6.45) is 2.62. The Bertz CT molecular complexity index is 666. The van der Waals surface area contributed by atoms with Crippen LogP contribution in [0.25, 0.3) is 0 Å². The molecule has 0 atom stereocenters. The Balaban J connectivity index is 1.48. The van der Waals surface area contributed by atoms with Gasteiger partial charge >= 0.3 is 0 Å². The first-order valence-corrected chi connectivity index (χ1v) is 9.88. The number of nitrogens with zero attached hydrogens (tertiary/aromatic N) is 1. The van der Waals surface area contributed by atoms with Crippen LogP contribution < -0.4 is 9.47 Å². The van der Waals surface area contributed by atoms with Gasteiger partial charge in [0.15, 0.2) is 0 Å². The molecule has 3 rings (SSSR count). The zero-order valence-electron chi connectivity index (χ0n) is 14.9. The minimum absolute atomic E-state index is 0.756. The predicted octanol–water partition coefficient (Wildman–Crippen LogP) is 4.83. The molecule has 0 bridgehead atoms. The number of likely N-dealkylation sites (tertiary alicyclic amines) is 1. The van der Waals surface area contributed by atoms with Gasteiger partial charge in [0, 0.05) is 17.3 Å². The summed E-state index contributed by atoms with van der Waals surface area (Å²) in [6, 6.07) is 16.4. The van der Waals surface area contributed by atoms with Crippen molar-refractivity contribution in [2.75, 3.05) is 39.4 Å². The van der Waals surface area contributed by atoms with Crippen LogP contribution in [0.4, 0.5) is 0 Å². The normalized spacial score (nSPS) is 15.9. The molecule has 0 unspecified atom stereocenters. The van der Waals surface area contributed by atoms with Gasteiger partial charge < -0.3 is 14.0 Å². The standard InChI is InChI=1S/C21H27BrNO2/c1-18-5-4-6-21(17-18)25-16-14-23(11-2-3-12-23)13-15-24-20-9-7-19(22)8-10-20/h4-10,17H,2-3,11-16H2,1H3/q+1. The second-order valence-corrected chi connectivity index (χ2v) is 7.83. The van der Waals surface area contributed by atoms with Gasteiger partial charge in [0.1, 0.15) is 37.8 Å². The summed E-state index contributed by atoms with van der Waals surface area (Å²) in [4.78, 5) is 0. The predicted molar refractivity (Wildman–Crippen MR) is 105 cm³/mol. The van der Waals surface area contributed by atoms with Gasteiger partial charge in [-0.25, -0.2) is 0 Å². The van der Waals surface area contributed by atoms with Crippen LogP contribution in [0.5, 0.6) is 11.5 Å². The van der Waals surface area contributed by atoms with Gasteiger partial charge in [0.2, 0.25) is 0 Å². The first kappa shape index (κ1) is 18.3. The van der Waals surface area contributed by atoms with Crippen LogP contribution in [0.1, 0.15) is 18.4 Å². The van der Waals surface area contributed by atoms with E-state index < -0.39 is 0 Å². The van der Waals surface area contributed by atoms with Gasteiger partial charge in [-0.15, -0.1) is 0 Å². The van der Waals surface area contributed by atoms with E-state index in [0.717, 1.165) is 46.8 Å². The van der Waals surface area contributed by atoms with Gasteiger partial charge in [0.25, 0.3) is 0 Å². The summed E-state index contributed by atoms with van der Waals surface area (Å²) in [5.41, 5.74) is 1.24. The Morgan fingerprint density at radius 2 is 1.52 bits per heavy atom. The number of aryl methyl sites for hydroxylation is 1. The zero-order chi connectivity index (χ0) is 17.5. The minimum atomic E-state index is 0.756. The van der Waals surface area contributed by atoms with E-state index >= 15 is 0 Å². The number of halogens is 1. The van der Waals surface area contributed by atoms with Crippen molar-refractivity contribution in [3.8, 4) is 11.5 Å². The molecule has 2 aromatic carbocycles. The molecule has 134 valence electrons. The van der Waals surface area contributed by atoms with Crippen LogP contribution in [0, 0.1) is 6.92 Å². The molecule has 1 fully saturated rings. The first-order valence-electron chi connectivity index (χ1n) is 9.08. The molecule has 4 heteroatoms. The monoisotopic (exact) mass is 404 g/mol. The molecule has 0 aromatic heterocycles. The van der Waals surface area contributed by atoms with Crippen molar-refractivity contribution in [2.45, 2.75) is 19.8 Å². The molecule has 25 heavy (non-hydrogen) atoms. The summed E-state index contributed by atoms with van der Waals surface area (Å²) in [5, 5.41) is 0. The van der Waals surface area contributed by atoms with Crippen molar-refractivity contribution in [1.82, 2.24) is 0 Å². The number of benzene rings is 2. The fourth-order valence-corrected chi connectivity index (χ4v) is 3.78. The average Bonchev–Trinajstić information content (AvgIpc) is 3.06. The topological polar surface area (TPSA) is 18.5 Å². The molecule has 0 radical (unpaired) electrons. The first-order chi connectivity index (χ1) is 12.2. The van der Waals surface area contributed by atoms with Crippen LogP contribution in [0.2, 0.25) is 0 Å². The van der Waals surface area contributed by atoms with Crippen molar-refractivity contribution < 1.29 is 14.0 Å². The van der Waals surface area contributed by atoms with E-state index in [1.807, 2.05) is 30.3 Å². The summed E-state index contributed by atoms with van der Waals surface area (Å²) >= 11 is 3.46. The molecule has 0 aliphatic carbocycles. The number of rotatable bonds is 8. The molecule has 2 aromatic rings. The molecular weight excluding hydrogens is 378 g/mol. The van der Waals surface area contributed by atoms with Crippen LogP contribution >= 0.6 is 15.9 Å². The summed E-state index contributed by atoms with van der Waals surface area (Å²) in [5.74, 6) is 1.92. The van der Waals surface area contributed by atoms with Crippen molar-refractivity contribution in [3.05, 3.63) is 58.6 Å². The molecule has 0 saturated carbocycles. The molecular formula is C21H27BrNO2+. The maximum absolute atomic E-state index is 5.99. The third-order valence-corrected chi connectivity index (χ3v) is 5.52. The SMILES string of the molecule is Cc1cccc(OCC[N+]2(CCOc3ccc(Br)cc3)CCCC2)c1. The van der Waals surface area contributed by atoms with Gasteiger partial charge in [-0.05, 0) is 48.9 Å². The third-order valence-electron chi connectivity index (χ3n) is 4.99. The number of hydrogen-bond acceptors (Lipinski definition) is 2. The second-order valence-electron chi connectivity index (χ2n) is 6.91. The smallest absolute Gasteiger partial charge is 0.137 e. The van der Waals surface area contributed by atoms with E-state index in [1.54, 1.807) is 0 Å². The Labute approximate surface area is 159 Å². The summed E-state index contributed by atoms with van der Waals surface area (Å²) in [6.45, 7) is 8.20. The van der Waals surface area contributed by atoms with Crippen LogP contribution in [0.3, 0.4) is 0 Å². The van der Waals surface area contributed by atoms with Gasteiger partial charge in [-0.1, -0.05) is 28.1 Å². The van der Waals surface area contributed by atoms with Gasteiger partial charge in [-0.3, -0.25) is 0 Å². The van der Waals surface area contributed by atoms with E-state index in [9.17, 15) is 0 Å². The highest BCUT2D eigenvalue weighted by Crippen LogP contribution is 2.21. The Morgan fingerprint density at radius 1 is 0.880 bits per heavy atom. The lowest BCUT2D eigenvalue weighted by atomic mass is 10.2. The van der Waals surface area contributed by atoms with Gasteiger partial charge in [-0.2, -0.15) is 0 Å². The second kappa shape index (κ2) is 8.72. The molecule has 3 nitrogen and oxygen atoms in total. The fraction of sp³-hybridized carbons (Fsp3) is 0.429. The highest BCUT2D eigenvalue weighted by Gasteiger charge is 2.31. The van der Waals surface area contributed by atoms with E-state index in [4.69, 9.17) is 9.47 Å². The highest BCUT2D eigenvalue weighted by atomic mass is 79.9. The lowest BCUT2D eigenvalue weighted by Crippen LogP contribution is -2.50. The Kier molecular flexibility index (Phi) is 6.38. The molecule has 1 heterocycles. The maximum Gasteiger partial charge on any atom is 0.137 e. The van der Waals surface area contributed by atoms with Crippen molar-refractivity contribution in [3.63, 3.8) is 0 Å². The van der Waals surface area contributed by atoms with E-state index in [0.29, 0.717) is 0 Å². The third kappa shape index (κ3) is 5.48. The van der Waals surface area contributed by atoms with Crippen molar-refractivity contribution in [2.24, 2.45) is 0 Å². The van der Waals surface area contributed by atoms with E-state index in [-0.39, 0.29) is 0 Å². The molecule has 1 saturated heterocycles. The zero-order valence-corrected chi connectivity index (χ0v) is 16.5. The van der Waals surface area contributed by atoms with Gasteiger partial charge in [0.05, 0.1) is 13.1 Å². The molecule has 1 aliphatic heterocycles. The Morgan fingerprint density at radius 3 is 2.16 bits per heavy atom. The van der Waals surface area contributed by atoms with E-state index in [1.165, 1.54) is 31.5 Å². The molecule has 0 spiro atoms. The Hall–Kier alpha value is -1.52. The molecule has 0 amide bonds. The average molecular weight is 405 g/mol. The lowest BCUT2D eigenvalue weighted by Gasteiger charge is -2.34. The van der Waals surface area contributed by atoms with Crippen molar-refractivity contribution >= 4 is 15.9 Å². The fourth-order valence-electron chi connectivity index (χ4n) is 3.52. The number of ether oxygens (including phenoxy) is 2. The maximum atomic E-state index is 5.99. The lowest BCUT2D eigenvalue weighted by molar-refractivity contribution is -0.916. The number of quaternary nitrogens is 1. The summed E-state index contributed by atoms with van der Waals surface area (Å²) < 4.78 is 14.1. The highest BCUT2D eigenvalue weighted by molar-refractivity contribution is 9.10. The molecule has 0 N–H and O–H groups in total. The summed E-state index contributed by atoms with van der Waals surface area (Å²) in [7, 11) is 0. The largest absolute Gasteiger partial charge is 0.488 e.